The lowest BCUT2D eigenvalue weighted by molar-refractivity contribution is -0.114. The van der Waals surface area contributed by atoms with Gasteiger partial charge >= 0.3 is 0 Å². The number of para-hydroxylation sites is 1. The zero-order valence-electron chi connectivity index (χ0n) is 13.9. The molecule has 0 saturated carbocycles. The van der Waals surface area contributed by atoms with Crippen LogP contribution in [0.3, 0.4) is 0 Å². The summed E-state index contributed by atoms with van der Waals surface area (Å²) in [5.74, 6) is -0.282. The Balaban J connectivity index is 2.14. The molecule has 2 rings (SSSR count). The highest BCUT2D eigenvalue weighted by molar-refractivity contribution is 5.99. The summed E-state index contributed by atoms with van der Waals surface area (Å²) in [7, 11) is 0. The number of amides is 2. The largest absolute Gasteiger partial charge is 0.507 e. The number of aromatic hydroxyl groups is 1. The van der Waals surface area contributed by atoms with E-state index in [2.05, 4.69) is 15.8 Å². The zero-order valence-corrected chi connectivity index (χ0v) is 13.9. The van der Waals surface area contributed by atoms with E-state index in [0.29, 0.717) is 23.6 Å². The summed E-state index contributed by atoms with van der Waals surface area (Å²) in [5, 5.41) is 16.1. The summed E-state index contributed by atoms with van der Waals surface area (Å²) in [6.07, 6.45) is 1.35. The molecule has 25 heavy (non-hydrogen) atoms. The maximum Gasteiger partial charge on any atom is 0.275 e. The van der Waals surface area contributed by atoms with Crippen molar-refractivity contribution in [3.8, 4) is 11.5 Å². The molecule has 0 saturated heterocycles. The van der Waals surface area contributed by atoms with Gasteiger partial charge in [-0.1, -0.05) is 12.1 Å². The van der Waals surface area contributed by atoms with E-state index in [9.17, 15) is 14.7 Å². The summed E-state index contributed by atoms with van der Waals surface area (Å²) in [4.78, 5) is 23.4. The number of hydrogen-bond donors (Lipinski definition) is 3. The Morgan fingerprint density at radius 2 is 2.00 bits per heavy atom. The van der Waals surface area contributed by atoms with Crippen molar-refractivity contribution in [3.05, 3.63) is 53.6 Å². The van der Waals surface area contributed by atoms with E-state index in [1.54, 1.807) is 43.3 Å². The van der Waals surface area contributed by atoms with Crippen LogP contribution in [0.1, 0.15) is 29.8 Å². The molecule has 0 atom stereocenters. The minimum Gasteiger partial charge on any atom is -0.507 e. The number of benzene rings is 2. The van der Waals surface area contributed by atoms with E-state index >= 15 is 0 Å². The average molecular weight is 341 g/mol. The molecule has 2 aromatic rings. The number of phenols is 1. The van der Waals surface area contributed by atoms with Crippen LogP contribution in [-0.2, 0) is 4.79 Å². The van der Waals surface area contributed by atoms with Crippen molar-refractivity contribution in [2.24, 2.45) is 5.10 Å². The topological polar surface area (TPSA) is 100 Å². The summed E-state index contributed by atoms with van der Waals surface area (Å²) < 4.78 is 5.46. The Morgan fingerprint density at radius 3 is 2.68 bits per heavy atom. The predicted octanol–water partition coefficient (Wildman–Crippen LogP) is 2.51. The summed E-state index contributed by atoms with van der Waals surface area (Å²) in [6, 6.07) is 11.3. The molecule has 3 N–H and O–H groups in total. The quantitative estimate of drug-likeness (QED) is 0.555. The molecule has 2 aromatic carbocycles. The Hall–Kier alpha value is -3.35. The fraction of sp³-hybridized carbons (Fsp3) is 0.167. The third-order valence-corrected chi connectivity index (χ3v) is 3.15. The lowest BCUT2D eigenvalue weighted by atomic mass is 10.1. The number of nitrogens with one attached hydrogen (secondary N) is 2. The molecule has 0 unspecified atom stereocenters. The van der Waals surface area contributed by atoms with Crippen molar-refractivity contribution in [2.45, 2.75) is 13.8 Å². The first-order chi connectivity index (χ1) is 12.0. The van der Waals surface area contributed by atoms with Crippen molar-refractivity contribution in [2.75, 3.05) is 11.9 Å². The van der Waals surface area contributed by atoms with Gasteiger partial charge in [0.05, 0.1) is 18.4 Å². The second kappa shape index (κ2) is 8.49. The Kier molecular flexibility index (Phi) is 6.11. The highest BCUT2D eigenvalue weighted by Gasteiger charge is 2.13. The van der Waals surface area contributed by atoms with Gasteiger partial charge in [-0.2, -0.15) is 5.10 Å². The van der Waals surface area contributed by atoms with E-state index in [4.69, 9.17) is 4.74 Å². The molecule has 0 bridgehead atoms. The molecule has 0 aromatic heterocycles. The lowest BCUT2D eigenvalue weighted by Crippen LogP contribution is -2.19. The molecule has 0 aliphatic rings. The predicted molar refractivity (Wildman–Crippen MR) is 95.1 cm³/mol. The number of nitrogens with zero attached hydrogens (tertiary/aromatic N) is 1. The van der Waals surface area contributed by atoms with E-state index in [1.807, 2.05) is 0 Å². The number of carbonyl (C=O) groups excluding carboxylic acids is 2. The third-order valence-electron chi connectivity index (χ3n) is 3.15. The van der Waals surface area contributed by atoms with Gasteiger partial charge in [0.25, 0.3) is 5.91 Å². The Bertz CT molecular complexity index is 803. The highest BCUT2D eigenvalue weighted by atomic mass is 16.5. The average Bonchev–Trinajstić information content (AvgIpc) is 2.56. The maximum absolute atomic E-state index is 12.3. The van der Waals surface area contributed by atoms with Crippen LogP contribution >= 0.6 is 0 Å². The van der Waals surface area contributed by atoms with E-state index in [0.717, 1.165) is 0 Å². The molecule has 2 amide bonds. The van der Waals surface area contributed by atoms with Gasteiger partial charge in [0, 0.05) is 24.2 Å². The summed E-state index contributed by atoms with van der Waals surface area (Å²) in [5.41, 5.74) is 3.68. The van der Waals surface area contributed by atoms with Crippen molar-refractivity contribution in [1.82, 2.24) is 5.43 Å². The van der Waals surface area contributed by atoms with Gasteiger partial charge in [0.1, 0.15) is 11.5 Å². The number of rotatable bonds is 6. The standard InChI is InChI=1S/C18H19N3O4/c1-3-25-17-10-14(20-12(2)22)8-9-15(17)18(24)21-19-11-13-6-4-5-7-16(13)23/h4-11,23H,3H2,1-2H3,(H,20,22)(H,21,24). The maximum atomic E-state index is 12.3. The van der Waals surface area contributed by atoms with Crippen LogP contribution in [0.25, 0.3) is 0 Å². The van der Waals surface area contributed by atoms with Crippen LogP contribution in [0.2, 0.25) is 0 Å². The van der Waals surface area contributed by atoms with Gasteiger partial charge in [0.2, 0.25) is 5.91 Å². The molecular formula is C18H19N3O4. The van der Waals surface area contributed by atoms with Crippen molar-refractivity contribution < 1.29 is 19.4 Å². The van der Waals surface area contributed by atoms with E-state index in [1.165, 1.54) is 19.2 Å². The molecule has 0 fully saturated rings. The van der Waals surface area contributed by atoms with Crippen LogP contribution in [0.15, 0.2) is 47.6 Å². The smallest absolute Gasteiger partial charge is 0.275 e. The number of hydrazone groups is 1. The highest BCUT2D eigenvalue weighted by Crippen LogP contribution is 2.23. The van der Waals surface area contributed by atoms with Crippen molar-refractivity contribution >= 4 is 23.7 Å². The molecule has 0 radical (unpaired) electrons. The van der Waals surface area contributed by atoms with Crippen LogP contribution in [0.4, 0.5) is 5.69 Å². The Morgan fingerprint density at radius 1 is 1.24 bits per heavy atom. The molecule has 0 aliphatic heterocycles. The SMILES string of the molecule is CCOc1cc(NC(C)=O)ccc1C(=O)NN=Cc1ccccc1O. The van der Waals surface area contributed by atoms with Crippen LogP contribution in [0, 0.1) is 0 Å². The van der Waals surface area contributed by atoms with Crippen LogP contribution in [0.5, 0.6) is 11.5 Å². The number of phenolic OH excluding ortho intramolecular Hbond substituents is 1. The minimum atomic E-state index is -0.468. The molecule has 7 heteroatoms. The lowest BCUT2D eigenvalue weighted by Gasteiger charge is -2.11. The normalized spacial score (nSPS) is 10.5. The molecule has 7 nitrogen and oxygen atoms in total. The molecule has 0 heterocycles. The third kappa shape index (κ3) is 5.07. The Labute approximate surface area is 145 Å². The fourth-order valence-corrected chi connectivity index (χ4v) is 2.08. The van der Waals surface area contributed by atoms with Gasteiger partial charge in [-0.25, -0.2) is 5.43 Å². The number of carbonyl (C=O) groups is 2. The van der Waals surface area contributed by atoms with Gasteiger partial charge in [-0.05, 0) is 31.2 Å². The van der Waals surface area contributed by atoms with Gasteiger partial charge in [0.15, 0.2) is 0 Å². The first kappa shape index (κ1) is 18.0. The first-order valence-corrected chi connectivity index (χ1v) is 7.67. The van der Waals surface area contributed by atoms with Gasteiger partial charge < -0.3 is 15.2 Å². The van der Waals surface area contributed by atoms with Gasteiger partial charge in [-0.15, -0.1) is 0 Å². The van der Waals surface area contributed by atoms with Crippen molar-refractivity contribution in [3.63, 3.8) is 0 Å². The second-order valence-corrected chi connectivity index (χ2v) is 5.08. The monoisotopic (exact) mass is 341 g/mol. The minimum absolute atomic E-state index is 0.0650. The summed E-state index contributed by atoms with van der Waals surface area (Å²) >= 11 is 0. The first-order valence-electron chi connectivity index (χ1n) is 7.67. The molecule has 0 aliphatic carbocycles. The molecular weight excluding hydrogens is 322 g/mol. The van der Waals surface area contributed by atoms with E-state index < -0.39 is 5.91 Å². The number of anilines is 1. The number of hydrogen-bond acceptors (Lipinski definition) is 5. The van der Waals surface area contributed by atoms with Crippen molar-refractivity contribution in [1.29, 1.82) is 0 Å². The van der Waals surface area contributed by atoms with Crippen LogP contribution < -0.4 is 15.5 Å². The van der Waals surface area contributed by atoms with Crippen LogP contribution in [-0.4, -0.2) is 29.7 Å². The number of ether oxygens (including phenoxy) is 1. The van der Waals surface area contributed by atoms with Gasteiger partial charge in [-0.3, -0.25) is 9.59 Å². The van der Waals surface area contributed by atoms with E-state index in [-0.39, 0.29) is 17.2 Å². The second-order valence-electron chi connectivity index (χ2n) is 5.08. The molecule has 130 valence electrons. The fourth-order valence-electron chi connectivity index (χ4n) is 2.08. The summed E-state index contributed by atoms with van der Waals surface area (Å²) in [6.45, 7) is 3.56. The zero-order chi connectivity index (χ0) is 18.2. The molecule has 0 spiro atoms.